The maximum absolute atomic E-state index is 12.6. The van der Waals surface area contributed by atoms with Gasteiger partial charge in [-0.15, -0.1) is 0 Å². The minimum absolute atomic E-state index is 0.107. The zero-order valence-corrected chi connectivity index (χ0v) is 19.5. The molecule has 1 aromatic heterocycles. The van der Waals surface area contributed by atoms with E-state index in [4.69, 9.17) is 4.42 Å². The number of benzene rings is 1. The fourth-order valence-electron chi connectivity index (χ4n) is 2.66. The van der Waals surface area contributed by atoms with Crippen LogP contribution in [0.4, 0.5) is 0 Å². The van der Waals surface area contributed by atoms with Gasteiger partial charge in [-0.3, -0.25) is 0 Å². The summed E-state index contributed by atoms with van der Waals surface area (Å²) in [5, 5.41) is 6.25. The molecule has 0 unspecified atom stereocenters. The minimum atomic E-state index is -3.57. The molecule has 0 radical (unpaired) electrons. The van der Waals surface area contributed by atoms with Gasteiger partial charge in [0.15, 0.2) is 5.96 Å². The van der Waals surface area contributed by atoms with Crippen LogP contribution >= 0.6 is 0 Å². The van der Waals surface area contributed by atoms with Crippen LogP contribution in [0.25, 0.3) is 0 Å². The van der Waals surface area contributed by atoms with E-state index in [-0.39, 0.29) is 12.0 Å². The summed E-state index contributed by atoms with van der Waals surface area (Å²) in [5.74, 6) is 1.92. The quantitative estimate of drug-likeness (QED) is 0.334. The number of aromatic nitrogens is 1. The van der Waals surface area contributed by atoms with Crippen LogP contribution in [0.15, 0.2) is 38.7 Å². The molecule has 0 amide bonds. The lowest BCUT2D eigenvalue weighted by molar-refractivity contribution is 0.383. The van der Waals surface area contributed by atoms with Gasteiger partial charge in [-0.2, -0.15) is 0 Å². The zero-order chi connectivity index (χ0) is 22.4. The first kappa shape index (κ1) is 23.9. The summed E-state index contributed by atoms with van der Waals surface area (Å²) in [7, 11) is -3.57. The molecule has 0 aliphatic rings. The van der Waals surface area contributed by atoms with E-state index in [9.17, 15) is 8.42 Å². The molecule has 0 spiro atoms. The molecule has 0 aliphatic heterocycles. The lowest BCUT2D eigenvalue weighted by Crippen LogP contribution is -2.41. The molecule has 0 aliphatic carbocycles. The molecule has 166 valence electrons. The Hall–Kier alpha value is -2.39. The summed E-state index contributed by atoms with van der Waals surface area (Å²) in [6.07, 6.45) is 1.73. The maximum atomic E-state index is 12.6. The van der Waals surface area contributed by atoms with Crippen molar-refractivity contribution in [3.05, 3.63) is 47.2 Å². The second-order valence-electron chi connectivity index (χ2n) is 8.16. The van der Waals surface area contributed by atoms with Gasteiger partial charge >= 0.3 is 0 Å². The van der Waals surface area contributed by atoms with E-state index < -0.39 is 10.0 Å². The summed E-state index contributed by atoms with van der Waals surface area (Å²) < 4.78 is 33.5. The predicted molar refractivity (Wildman–Crippen MR) is 119 cm³/mol. The first-order valence-corrected chi connectivity index (χ1v) is 11.6. The van der Waals surface area contributed by atoms with Crippen molar-refractivity contribution >= 4 is 16.0 Å². The Kier molecular flexibility index (Phi) is 8.03. The molecule has 30 heavy (non-hydrogen) atoms. The fraction of sp³-hybridized carbons (Fsp3) is 0.524. The minimum Gasteiger partial charge on any atom is -0.443 e. The van der Waals surface area contributed by atoms with Crippen LogP contribution in [0.2, 0.25) is 0 Å². The van der Waals surface area contributed by atoms with Crippen LogP contribution in [-0.4, -0.2) is 39.0 Å². The van der Waals surface area contributed by atoms with Crippen molar-refractivity contribution in [1.82, 2.24) is 20.3 Å². The number of hydrogen-bond donors (Lipinski definition) is 3. The molecule has 0 fully saturated rings. The highest BCUT2D eigenvalue weighted by atomic mass is 32.2. The van der Waals surface area contributed by atoms with Crippen LogP contribution < -0.4 is 15.4 Å². The van der Waals surface area contributed by atoms with Crippen molar-refractivity contribution in [3.63, 3.8) is 0 Å². The summed E-state index contributed by atoms with van der Waals surface area (Å²) in [6.45, 7) is 13.4. The Morgan fingerprint density at radius 2 is 1.90 bits per heavy atom. The molecular weight excluding hydrogens is 402 g/mol. The Balaban J connectivity index is 1.92. The lowest BCUT2D eigenvalue weighted by atomic mass is 9.94. The monoisotopic (exact) mass is 435 g/mol. The van der Waals surface area contributed by atoms with Crippen LogP contribution in [0.3, 0.4) is 0 Å². The number of hydrogen-bond acceptors (Lipinski definition) is 5. The highest BCUT2D eigenvalue weighted by Gasteiger charge is 2.19. The number of sulfonamides is 1. The maximum Gasteiger partial charge on any atom is 0.240 e. The predicted octanol–water partition coefficient (Wildman–Crippen LogP) is 2.62. The molecule has 0 saturated carbocycles. The smallest absolute Gasteiger partial charge is 0.240 e. The van der Waals surface area contributed by atoms with Gasteiger partial charge in [-0.1, -0.05) is 32.9 Å². The van der Waals surface area contributed by atoms with Crippen molar-refractivity contribution in [2.45, 2.75) is 58.4 Å². The van der Waals surface area contributed by atoms with E-state index in [0.29, 0.717) is 36.4 Å². The molecule has 2 aromatic rings. The number of nitrogens with one attached hydrogen (secondary N) is 3. The molecule has 0 atom stereocenters. The molecule has 0 saturated heterocycles. The molecule has 8 nitrogen and oxygen atoms in total. The van der Waals surface area contributed by atoms with Crippen LogP contribution in [-0.2, 0) is 22.0 Å². The van der Waals surface area contributed by atoms with Crippen molar-refractivity contribution < 1.29 is 12.8 Å². The average molecular weight is 436 g/mol. The largest absolute Gasteiger partial charge is 0.443 e. The number of oxazole rings is 1. The van der Waals surface area contributed by atoms with E-state index >= 15 is 0 Å². The van der Waals surface area contributed by atoms with Gasteiger partial charge in [0, 0.05) is 25.0 Å². The van der Waals surface area contributed by atoms with Crippen molar-refractivity contribution in [2.75, 3.05) is 19.6 Å². The van der Waals surface area contributed by atoms with Crippen LogP contribution in [0, 0.1) is 13.8 Å². The molecular formula is C21H33N5O3S. The normalized spacial score (nSPS) is 12.8. The van der Waals surface area contributed by atoms with Crippen LogP contribution in [0.5, 0.6) is 0 Å². The summed E-state index contributed by atoms with van der Waals surface area (Å²) in [6, 6.07) is 5.39. The van der Waals surface area contributed by atoms with Gasteiger partial charge < -0.3 is 15.1 Å². The van der Waals surface area contributed by atoms with Gasteiger partial charge in [-0.25, -0.2) is 23.1 Å². The first-order chi connectivity index (χ1) is 14.0. The second kappa shape index (κ2) is 10.1. The standard InChI is InChI=1S/C21H33N5O3S/c1-7-22-20(25-14-19-24-13-18(29-19)21(4,5)6)23-10-11-26-30(27,28)17-12-15(2)8-9-16(17)3/h8-9,12-13,26H,7,10-11,14H2,1-6H3,(H2,22,23,25). The van der Waals surface area contributed by atoms with Gasteiger partial charge in [0.2, 0.25) is 15.9 Å². The molecule has 1 heterocycles. The zero-order valence-electron chi connectivity index (χ0n) is 18.7. The van der Waals surface area contributed by atoms with Crippen molar-refractivity contribution in [1.29, 1.82) is 0 Å². The number of aliphatic imine (C=N–C) groups is 1. The fourth-order valence-corrected chi connectivity index (χ4v) is 4.02. The van der Waals surface area contributed by atoms with E-state index in [0.717, 1.165) is 16.9 Å². The third kappa shape index (κ3) is 6.84. The SMILES string of the molecule is CCNC(=NCc1ncc(C(C)(C)C)o1)NCCNS(=O)(=O)c1cc(C)ccc1C. The Labute approximate surface area is 179 Å². The van der Waals surface area contributed by atoms with Gasteiger partial charge in [0.05, 0.1) is 11.1 Å². The molecule has 0 bridgehead atoms. The third-order valence-electron chi connectivity index (χ3n) is 4.35. The highest BCUT2D eigenvalue weighted by molar-refractivity contribution is 7.89. The van der Waals surface area contributed by atoms with Crippen molar-refractivity contribution in [3.8, 4) is 0 Å². The Morgan fingerprint density at radius 1 is 1.17 bits per heavy atom. The molecule has 1 aromatic carbocycles. The first-order valence-electron chi connectivity index (χ1n) is 10.1. The number of guanidine groups is 1. The Bertz CT molecular complexity index is 975. The van der Waals surface area contributed by atoms with Gasteiger partial charge in [0.1, 0.15) is 12.3 Å². The molecule has 9 heteroatoms. The Morgan fingerprint density at radius 3 is 2.53 bits per heavy atom. The summed E-state index contributed by atoms with van der Waals surface area (Å²) >= 11 is 0. The third-order valence-corrected chi connectivity index (χ3v) is 5.96. The number of nitrogens with zero attached hydrogens (tertiary/aromatic N) is 2. The lowest BCUT2D eigenvalue weighted by Gasteiger charge is -2.13. The topological polar surface area (TPSA) is 109 Å². The van der Waals surface area contributed by atoms with Crippen LogP contribution in [0.1, 0.15) is 50.5 Å². The van der Waals surface area contributed by atoms with Crippen molar-refractivity contribution in [2.24, 2.45) is 4.99 Å². The second-order valence-corrected chi connectivity index (χ2v) is 9.89. The van der Waals surface area contributed by atoms with E-state index in [1.165, 1.54) is 0 Å². The number of aryl methyl sites for hydroxylation is 2. The molecule has 2 rings (SSSR count). The van der Waals surface area contributed by atoms with E-state index in [1.54, 1.807) is 19.2 Å². The summed E-state index contributed by atoms with van der Waals surface area (Å²) in [4.78, 5) is 9.04. The van der Waals surface area contributed by atoms with E-state index in [2.05, 4.69) is 46.1 Å². The van der Waals surface area contributed by atoms with Gasteiger partial charge in [-0.05, 0) is 38.0 Å². The van der Waals surface area contributed by atoms with Gasteiger partial charge in [0.25, 0.3) is 0 Å². The highest BCUT2D eigenvalue weighted by Crippen LogP contribution is 2.22. The van der Waals surface area contributed by atoms with E-state index in [1.807, 2.05) is 26.0 Å². The molecule has 3 N–H and O–H groups in total. The number of rotatable bonds is 8. The summed E-state index contributed by atoms with van der Waals surface area (Å²) in [5.41, 5.74) is 1.52. The average Bonchev–Trinajstić information content (AvgIpc) is 3.14.